The number of benzene rings is 14. The Balaban J connectivity index is 0.854. The lowest BCUT2D eigenvalue weighted by atomic mass is 9.80. The highest BCUT2D eigenvalue weighted by Gasteiger charge is 2.44. The van der Waals surface area contributed by atoms with Gasteiger partial charge < -0.3 is 0 Å². The number of halogens is 8. The highest BCUT2D eigenvalue weighted by Crippen LogP contribution is 2.50. The molecule has 0 heterocycles. The van der Waals surface area contributed by atoms with Crippen LogP contribution in [0.2, 0.25) is 18.1 Å². The van der Waals surface area contributed by atoms with Gasteiger partial charge >= 0.3 is 0 Å². The molecular formula is C97H78F8Si. The van der Waals surface area contributed by atoms with Gasteiger partial charge in [-0.05, 0) is 213 Å². The van der Waals surface area contributed by atoms with Crippen LogP contribution in [0.25, 0.3) is 0 Å². The zero-order chi connectivity index (χ0) is 73.8. The van der Waals surface area contributed by atoms with Gasteiger partial charge in [-0.2, -0.15) is 0 Å². The van der Waals surface area contributed by atoms with Gasteiger partial charge in [0.15, 0.2) is 0 Å². The molecule has 0 aromatic heterocycles. The molecule has 0 radical (unpaired) electrons. The van der Waals surface area contributed by atoms with Gasteiger partial charge in [-0.3, -0.25) is 0 Å². The van der Waals surface area contributed by atoms with E-state index >= 15 is 0 Å². The van der Waals surface area contributed by atoms with Crippen molar-refractivity contribution in [1.82, 2.24) is 0 Å². The smallest absolute Gasteiger partial charge is 0.123 e. The van der Waals surface area contributed by atoms with Crippen molar-refractivity contribution in [1.29, 1.82) is 0 Å². The normalized spacial score (nSPS) is 12.0. The predicted octanol–water partition coefficient (Wildman–Crippen LogP) is 26.1. The molecule has 0 fully saturated rings. The molecule has 106 heavy (non-hydrogen) atoms. The van der Waals surface area contributed by atoms with Crippen LogP contribution in [0, 0.1) is 46.5 Å². The topological polar surface area (TPSA) is 0 Å². The first-order valence-electron chi connectivity index (χ1n) is 35.8. The van der Waals surface area contributed by atoms with Crippen LogP contribution in [0.4, 0.5) is 35.1 Å². The Bertz CT molecular complexity index is 4450. The van der Waals surface area contributed by atoms with E-state index in [1.165, 1.54) is 108 Å². The fourth-order valence-corrected chi connectivity index (χ4v) is 18.4. The summed E-state index contributed by atoms with van der Waals surface area (Å²) in [6.45, 7) is 12.0. The first-order valence-corrected chi connectivity index (χ1v) is 38.9. The zero-order valence-corrected chi connectivity index (χ0v) is 60.4. The van der Waals surface area contributed by atoms with Gasteiger partial charge in [0, 0.05) is 41.0 Å². The van der Waals surface area contributed by atoms with Crippen molar-refractivity contribution in [3.8, 4) is 0 Å². The molecule has 0 nitrogen and oxygen atoms in total. The fraction of sp³-hybridized carbons (Fsp3) is 0.134. The molecule has 0 unspecified atom stereocenters. The molecule has 14 rings (SSSR count). The molecule has 0 spiro atoms. The molecular weight excluding hydrogens is 1350 g/mol. The Morgan fingerprint density at radius 1 is 0.160 bits per heavy atom. The van der Waals surface area contributed by atoms with Crippen LogP contribution in [0.5, 0.6) is 0 Å². The molecule has 0 saturated heterocycles. The van der Waals surface area contributed by atoms with E-state index in [2.05, 4.69) is 179 Å². The van der Waals surface area contributed by atoms with Gasteiger partial charge in [-0.15, -0.1) is 0 Å². The summed E-state index contributed by atoms with van der Waals surface area (Å²) in [5, 5.41) is -0.0637. The maximum atomic E-state index is 14.5. The lowest BCUT2D eigenvalue weighted by Crippen LogP contribution is -2.44. The van der Waals surface area contributed by atoms with E-state index in [-0.39, 0.29) is 92.6 Å². The molecule has 0 N–H and O–H groups in total. The average Bonchev–Trinajstić information content (AvgIpc) is 0.757. The standard InChI is InChI=1S/C97H78F8Si/c1-97(2,3)106(4,5)96(80-26-22-70(23-27-80)90(62-6-14-66(15-7-62)92(72-30-46-82(98)47-31-72)73-32-48-83(99)49-33-73)63-8-16-67(17-9-63)93(74-34-50-84(100)51-35-74)75-36-52-85(101)53-37-75)81-28-24-71(25-29-81)91(64-10-18-68(19-11-64)94(76-38-54-86(102)55-39-76)77-40-56-87(103)57-41-77)65-12-20-69(21-13-65)95(78-42-58-88(104)59-43-78)79-44-60-89(105)61-45-79/h6-61,90-96H,1-5H3. The minimum absolute atomic E-state index is 0.0269. The second-order valence-electron chi connectivity index (χ2n) is 29.4. The van der Waals surface area contributed by atoms with Crippen molar-refractivity contribution in [2.24, 2.45) is 0 Å². The molecule has 14 aromatic carbocycles. The summed E-state index contributed by atoms with van der Waals surface area (Å²) in [7, 11) is -2.35. The van der Waals surface area contributed by atoms with Gasteiger partial charge in [0.25, 0.3) is 0 Å². The van der Waals surface area contributed by atoms with Crippen LogP contribution in [0.15, 0.2) is 340 Å². The van der Waals surface area contributed by atoms with Crippen LogP contribution < -0.4 is 0 Å². The summed E-state index contributed by atoms with van der Waals surface area (Å²) >= 11 is 0. The van der Waals surface area contributed by atoms with Crippen molar-refractivity contribution in [3.63, 3.8) is 0 Å². The summed E-state index contributed by atoms with van der Waals surface area (Å²) in [5.41, 5.74) is 19.3. The SMILES string of the molecule is CC(C)(C)[Si](C)(C)C(c1ccc(C(c2ccc(C(c3ccc(F)cc3)c3ccc(F)cc3)cc2)c2ccc(C(c3ccc(F)cc3)c3ccc(F)cc3)cc2)cc1)c1ccc(C(c2ccc(C(c3ccc(F)cc3)c3ccc(F)cc3)cc2)c2ccc(C(c3ccc(F)cc3)c3ccc(F)cc3)cc2)cc1. The molecule has 14 aromatic rings. The lowest BCUT2D eigenvalue weighted by Gasteiger charge is -2.44. The second-order valence-corrected chi connectivity index (χ2v) is 34.9. The van der Waals surface area contributed by atoms with Crippen molar-refractivity contribution < 1.29 is 35.1 Å². The number of rotatable bonds is 21. The summed E-state index contributed by atoms with van der Waals surface area (Å²) in [4.78, 5) is 0. The van der Waals surface area contributed by atoms with Gasteiger partial charge in [0.05, 0.1) is 8.07 Å². The van der Waals surface area contributed by atoms with E-state index in [0.29, 0.717) is 0 Å². The summed E-state index contributed by atoms with van der Waals surface area (Å²) in [5.74, 6) is -4.63. The average molecular weight is 1420 g/mol. The minimum Gasteiger partial charge on any atom is -0.207 e. The van der Waals surface area contributed by atoms with Crippen LogP contribution >= 0.6 is 0 Å². The third-order valence-corrected chi connectivity index (χ3v) is 27.9. The van der Waals surface area contributed by atoms with Gasteiger partial charge in [0.1, 0.15) is 46.5 Å². The summed E-state index contributed by atoms with van der Waals surface area (Å²) in [6, 6.07) is 104. The summed E-state index contributed by atoms with van der Waals surface area (Å²) in [6.07, 6.45) is 0. The van der Waals surface area contributed by atoms with Gasteiger partial charge in [0.2, 0.25) is 0 Å². The monoisotopic (exact) mass is 1420 g/mol. The molecule has 0 amide bonds. The predicted molar refractivity (Wildman–Crippen MR) is 415 cm³/mol. The molecule has 9 heteroatoms. The molecule has 0 bridgehead atoms. The van der Waals surface area contributed by atoms with E-state index in [0.717, 1.165) is 100 Å². The maximum absolute atomic E-state index is 14.5. The van der Waals surface area contributed by atoms with Crippen LogP contribution in [0.3, 0.4) is 0 Å². The Labute approximate surface area is 617 Å². The molecule has 0 aliphatic rings. The molecule has 526 valence electrons. The Morgan fingerprint density at radius 3 is 0.340 bits per heavy atom. The van der Waals surface area contributed by atoms with Crippen molar-refractivity contribution in [2.45, 2.75) is 80.0 Å². The Morgan fingerprint density at radius 2 is 0.245 bits per heavy atom. The quantitative estimate of drug-likeness (QED) is 0.0382. The zero-order valence-electron chi connectivity index (χ0n) is 59.4. The van der Waals surface area contributed by atoms with Crippen LogP contribution in [-0.2, 0) is 0 Å². The van der Waals surface area contributed by atoms with Crippen molar-refractivity contribution in [2.75, 3.05) is 0 Å². The maximum Gasteiger partial charge on any atom is 0.123 e. The van der Waals surface area contributed by atoms with Gasteiger partial charge in [-0.25, -0.2) is 35.1 Å². The van der Waals surface area contributed by atoms with E-state index in [9.17, 15) is 35.1 Å². The molecule has 0 aliphatic carbocycles. The van der Waals surface area contributed by atoms with E-state index in [1.54, 1.807) is 97.1 Å². The van der Waals surface area contributed by atoms with Gasteiger partial charge in [-0.1, -0.05) is 277 Å². The fourth-order valence-electron chi connectivity index (χ4n) is 15.5. The number of hydrogen-bond donors (Lipinski definition) is 0. The second kappa shape index (κ2) is 30.8. The first-order chi connectivity index (χ1) is 51.2. The van der Waals surface area contributed by atoms with Crippen molar-refractivity contribution in [3.05, 3.63) is 498 Å². The largest absolute Gasteiger partial charge is 0.207 e. The Kier molecular flexibility index (Phi) is 20.8. The highest BCUT2D eigenvalue weighted by molar-refractivity contribution is 6.82. The molecule has 0 atom stereocenters. The third kappa shape index (κ3) is 15.6. The minimum atomic E-state index is -2.35. The third-order valence-electron chi connectivity index (χ3n) is 21.9. The van der Waals surface area contributed by atoms with Crippen molar-refractivity contribution >= 4 is 8.07 Å². The van der Waals surface area contributed by atoms with E-state index in [1.807, 2.05) is 0 Å². The Hall–Kier alpha value is -11.3. The number of hydrogen-bond acceptors (Lipinski definition) is 0. The highest BCUT2D eigenvalue weighted by atomic mass is 28.3. The van der Waals surface area contributed by atoms with E-state index < -0.39 is 8.07 Å². The lowest BCUT2D eigenvalue weighted by molar-refractivity contribution is 0.625. The van der Waals surface area contributed by atoms with Crippen LogP contribution in [0.1, 0.15) is 173 Å². The first kappa shape index (κ1) is 71.7. The molecule has 0 saturated carbocycles. The van der Waals surface area contributed by atoms with E-state index in [4.69, 9.17) is 0 Å². The van der Waals surface area contributed by atoms with Crippen LogP contribution in [-0.4, -0.2) is 8.07 Å². The summed E-state index contributed by atoms with van der Waals surface area (Å²) < 4.78 is 116. The molecule has 0 aliphatic heterocycles.